The van der Waals surface area contributed by atoms with Crippen molar-refractivity contribution in [2.45, 2.75) is 44.2 Å². The number of carbonyl (C=O) groups excluding carboxylic acids is 1. The Morgan fingerprint density at radius 3 is 2.41 bits per heavy atom. The maximum absolute atomic E-state index is 11.8. The summed E-state index contributed by atoms with van der Waals surface area (Å²) in [7, 11) is 0. The molecule has 0 aromatic heterocycles. The molecule has 17 heavy (non-hydrogen) atoms. The topological polar surface area (TPSA) is 55.1 Å². The third kappa shape index (κ3) is 2.67. The lowest BCUT2D eigenvalue weighted by molar-refractivity contribution is -0.124. The van der Waals surface area contributed by atoms with Gasteiger partial charge in [0.05, 0.1) is 5.54 Å². The van der Waals surface area contributed by atoms with Gasteiger partial charge in [0.25, 0.3) is 0 Å². The van der Waals surface area contributed by atoms with Gasteiger partial charge in [0, 0.05) is 12.0 Å². The van der Waals surface area contributed by atoms with E-state index in [9.17, 15) is 4.79 Å². The SMILES string of the molecule is CC(NC(=O)C1(N)CC1)C(C)c1ccccc1. The van der Waals surface area contributed by atoms with Crippen LogP contribution in [0.15, 0.2) is 30.3 Å². The smallest absolute Gasteiger partial charge is 0.240 e. The number of hydrogen-bond acceptors (Lipinski definition) is 2. The molecule has 2 unspecified atom stereocenters. The first-order chi connectivity index (χ1) is 8.03. The molecule has 0 spiro atoms. The van der Waals surface area contributed by atoms with E-state index in [0.29, 0.717) is 5.92 Å². The maximum Gasteiger partial charge on any atom is 0.240 e. The van der Waals surface area contributed by atoms with Crippen LogP contribution in [0.1, 0.15) is 38.2 Å². The predicted octanol–water partition coefficient (Wildman–Crippen LogP) is 1.79. The Bertz CT molecular complexity index is 398. The number of rotatable bonds is 4. The normalized spacial score (nSPS) is 20.4. The summed E-state index contributed by atoms with van der Waals surface area (Å²) in [4.78, 5) is 11.8. The van der Waals surface area contributed by atoms with Gasteiger partial charge in [0.2, 0.25) is 5.91 Å². The van der Waals surface area contributed by atoms with Crippen molar-refractivity contribution in [3.05, 3.63) is 35.9 Å². The molecule has 1 aromatic carbocycles. The highest BCUT2D eigenvalue weighted by Gasteiger charge is 2.46. The van der Waals surface area contributed by atoms with Crippen molar-refractivity contribution in [3.63, 3.8) is 0 Å². The molecule has 92 valence electrons. The van der Waals surface area contributed by atoms with Crippen LogP contribution >= 0.6 is 0 Å². The lowest BCUT2D eigenvalue weighted by Gasteiger charge is -2.23. The second-order valence-electron chi connectivity index (χ2n) is 5.12. The zero-order chi connectivity index (χ0) is 12.5. The molecule has 1 fully saturated rings. The first-order valence-corrected chi connectivity index (χ1v) is 6.18. The summed E-state index contributed by atoms with van der Waals surface area (Å²) >= 11 is 0. The first-order valence-electron chi connectivity index (χ1n) is 6.18. The molecular weight excluding hydrogens is 212 g/mol. The third-order valence-corrected chi connectivity index (χ3v) is 3.68. The van der Waals surface area contributed by atoms with Crippen LogP contribution in [0, 0.1) is 0 Å². The monoisotopic (exact) mass is 232 g/mol. The Kier molecular flexibility index (Phi) is 3.20. The molecule has 0 aliphatic heterocycles. The molecule has 3 N–H and O–H groups in total. The van der Waals surface area contributed by atoms with Gasteiger partial charge in [-0.3, -0.25) is 4.79 Å². The highest BCUT2D eigenvalue weighted by Crippen LogP contribution is 2.32. The molecule has 1 aliphatic rings. The lowest BCUT2D eigenvalue weighted by Crippen LogP contribution is -2.47. The zero-order valence-electron chi connectivity index (χ0n) is 10.4. The van der Waals surface area contributed by atoms with Gasteiger partial charge >= 0.3 is 0 Å². The van der Waals surface area contributed by atoms with Crippen LogP contribution in [0.4, 0.5) is 0 Å². The quantitative estimate of drug-likeness (QED) is 0.831. The Morgan fingerprint density at radius 1 is 1.29 bits per heavy atom. The number of amides is 1. The minimum absolute atomic E-state index is 0.00668. The van der Waals surface area contributed by atoms with E-state index in [4.69, 9.17) is 5.73 Å². The highest BCUT2D eigenvalue weighted by atomic mass is 16.2. The number of nitrogens with one attached hydrogen (secondary N) is 1. The number of nitrogens with two attached hydrogens (primary N) is 1. The van der Waals surface area contributed by atoms with Gasteiger partial charge in [-0.1, -0.05) is 37.3 Å². The average molecular weight is 232 g/mol. The molecule has 1 amide bonds. The van der Waals surface area contributed by atoms with Crippen LogP contribution < -0.4 is 11.1 Å². The molecule has 3 heteroatoms. The van der Waals surface area contributed by atoms with E-state index in [-0.39, 0.29) is 11.9 Å². The van der Waals surface area contributed by atoms with Gasteiger partial charge < -0.3 is 11.1 Å². The van der Waals surface area contributed by atoms with Crippen LogP contribution in [0.3, 0.4) is 0 Å². The Labute approximate surface area is 102 Å². The predicted molar refractivity (Wildman–Crippen MR) is 68.6 cm³/mol. The summed E-state index contributed by atoms with van der Waals surface area (Å²) in [5.41, 5.74) is 6.52. The van der Waals surface area contributed by atoms with Crippen molar-refractivity contribution in [2.75, 3.05) is 0 Å². The van der Waals surface area contributed by atoms with Crippen LogP contribution in [-0.2, 0) is 4.79 Å². The van der Waals surface area contributed by atoms with E-state index in [1.54, 1.807) is 0 Å². The number of carbonyl (C=O) groups is 1. The molecule has 0 heterocycles. The van der Waals surface area contributed by atoms with Crippen LogP contribution in [-0.4, -0.2) is 17.5 Å². The molecular formula is C14H20N2O. The van der Waals surface area contributed by atoms with Gasteiger partial charge in [-0.15, -0.1) is 0 Å². The first kappa shape index (κ1) is 12.1. The van der Waals surface area contributed by atoms with Crippen molar-refractivity contribution in [1.82, 2.24) is 5.32 Å². The van der Waals surface area contributed by atoms with E-state index < -0.39 is 5.54 Å². The molecule has 1 saturated carbocycles. The minimum Gasteiger partial charge on any atom is -0.351 e. The van der Waals surface area contributed by atoms with E-state index in [1.165, 1.54) is 5.56 Å². The highest BCUT2D eigenvalue weighted by molar-refractivity contribution is 5.89. The molecule has 2 atom stereocenters. The zero-order valence-corrected chi connectivity index (χ0v) is 10.4. The Morgan fingerprint density at radius 2 is 1.88 bits per heavy atom. The maximum atomic E-state index is 11.8. The van der Waals surface area contributed by atoms with Gasteiger partial charge in [0.15, 0.2) is 0 Å². The second-order valence-corrected chi connectivity index (χ2v) is 5.12. The fraction of sp³-hybridized carbons (Fsp3) is 0.500. The summed E-state index contributed by atoms with van der Waals surface area (Å²) in [6.07, 6.45) is 1.62. The lowest BCUT2D eigenvalue weighted by atomic mass is 9.94. The van der Waals surface area contributed by atoms with E-state index in [0.717, 1.165) is 12.8 Å². The fourth-order valence-corrected chi connectivity index (χ4v) is 1.88. The van der Waals surface area contributed by atoms with E-state index in [2.05, 4.69) is 24.4 Å². The van der Waals surface area contributed by atoms with Crippen molar-refractivity contribution in [1.29, 1.82) is 0 Å². The summed E-state index contributed by atoms with van der Waals surface area (Å²) < 4.78 is 0. The molecule has 0 radical (unpaired) electrons. The van der Waals surface area contributed by atoms with Crippen LogP contribution in [0.2, 0.25) is 0 Å². The average Bonchev–Trinajstić information content (AvgIpc) is 3.09. The fourth-order valence-electron chi connectivity index (χ4n) is 1.88. The largest absolute Gasteiger partial charge is 0.351 e. The van der Waals surface area contributed by atoms with Gasteiger partial charge in [0.1, 0.15) is 0 Å². The summed E-state index contributed by atoms with van der Waals surface area (Å²) in [6, 6.07) is 10.3. The Hall–Kier alpha value is -1.35. The third-order valence-electron chi connectivity index (χ3n) is 3.68. The van der Waals surface area contributed by atoms with Gasteiger partial charge in [-0.2, -0.15) is 0 Å². The van der Waals surface area contributed by atoms with E-state index in [1.807, 2.05) is 25.1 Å². The number of benzene rings is 1. The number of hydrogen-bond donors (Lipinski definition) is 2. The molecule has 2 rings (SSSR count). The summed E-state index contributed by atoms with van der Waals surface area (Å²) in [5, 5.41) is 3.02. The molecule has 0 bridgehead atoms. The molecule has 3 nitrogen and oxygen atoms in total. The van der Waals surface area contributed by atoms with Crippen LogP contribution in [0.25, 0.3) is 0 Å². The Balaban J connectivity index is 1.96. The van der Waals surface area contributed by atoms with Crippen LogP contribution in [0.5, 0.6) is 0 Å². The molecule has 1 aromatic rings. The molecule has 1 aliphatic carbocycles. The summed E-state index contributed by atoms with van der Waals surface area (Å²) in [5.74, 6) is 0.287. The standard InChI is InChI=1S/C14H20N2O/c1-10(12-6-4-3-5-7-12)11(2)16-13(17)14(15)8-9-14/h3-7,10-11H,8-9,15H2,1-2H3,(H,16,17). The van der Waals surface area contributed by atoms with Gasteiger partial charge in [-0.05, 0) is 25.3 Å². The summed E-state index contributed by atoms with van der Waals surface area (Å²) in [6.45, 7) is 4.15. The van der Waals surface area contributed by atoms with Crippen molar-refractivity contribution >= 4 is 5.91 Å². The van der Waals surface area contributed by atoms with Crippen molar-refractivity contribution in [3.8, 4) is 0 Å². The minimum atomic E-state index is -0.579. The molecule has 0 saturated heterocycles. The second kappa shape index (κ2) is 4.49. The van der Waals surface area contributed by atoms with Crippen molar-refractivity contribution in [2.24, 2.45) is 5.73 Å². The van der Waals surface area contributed by atoms with Crippen molar-refractivity contribution < 1.29 is 4.79 Å². The van der Waals surface area contributed by atoms with Gasteiger partial charge in [-0.25, -0.2) is 0 Å². The van der Waals surface area contributed by atoms with E-state index >= 15 is 0 Å².